The molecule has 1 aliphatic carbocycles. The highest BCUT2D eigenvalue weighted by Crippen LogP contribution is 2.45. The van der Waals surface area contributed by atoms with Crippen molar-refractivity contribution in [2.45, 2.75) is 12.8 Å². The fourth-order valence-electron chi connectivity index (χ4n) is 1.44. The number of halogens is 1. The fourth-order valence-corrected chi connectivity index (χ4v) is 1.44. The van der Waals surface area contributed by atoms with Crippen molar-refractivity contribution in [2.24, 2.45) is 5.41 Å². The summed E-state index contributed by atoms with van der Waals surface area (Å²) in [5.41, 5.74) is -0.188. The van der Waals surface area contributed by atoms with Crippen LogP contribution in [0.1, 0.15) is 12.8 Å². The van der Waals surface area contributed by atoms with Gasteiger partial charge in [0.1, 0.15) is 5.82 Å². The first-order valence-electron chi connectivity index (χ1n) is 4.84. The summed E-state index contributed by atoms with van der Waals surface area (Å²) in [5.74, 6) is -0.614. The third-order valence-corrected chi connectivity index (χ3v) is 2.72. The van der Waals surface area contributed by atoms with E-state index in [0.29, 0.717) is 18.5 Å². The number of benzene rings is 1. The van der Waals surface area contributed by atoms with Crippen molar-refractivity contribution in [3.8, 4) is 0 Å². The van der Waals surface area contributed by atoms with Crippen molar-refractivity contribution in [1.82, 2.24) is 0 Å². The molecule has 0 saturated heterocycles. The number of anilines is 1. The lowest BCUT2D eigenvalue weighted by atomic mass is 10.1. The molecule has 1 aromatic rings. The van der Waals surface area contributed by atoms with Crippen molar-refractivity contribution >= 4 is 11.6 Å². The number of rotatable bonds is 3. The summed E-state index contributed by atoms with van der Waals surface area (Å²) in [4.78, 5) is 11.6. The lowest BCUT2D eigenvalue weighted by Gasteiger charge is -2.11. The van der Waals surface area contributed by atoms with Crippen LogP contribution in [0.4, 0.5) is 10.1 Å². The molecule has 0 heterocycles. The van der Waals surface area contributed by atoms with Gasteiger partial charge in [-0.1, -0.05) is 6.07 Å². The summed E-state index contributed by atoms with van der Waals surface area (Å²) in [5, 5.41) is 11.6. The van der Waals surface area contributed by atoms with Crippen LogP contribution in [0, 0.1) is 11.2 Å². The first-order valence-corrected chi connectivity index (χ1v) is 4.84. The van der Waals surface area contributed by atoms with Gasteiger partial charge in [0.05, 0.1) is 12.0 Å². The molecule has 15 heavy (non-hydrogen) atoms. The van der Waals surface area contributed by atoms with Crippen LogP contribution in [0.3, 0.4) is 0 Å². The van der Waals surface area contributed by atoms with Gasteiger partial charge in [0.15, 0.2) is 0 Å². The first kappa shape index (κ1) is 10.1. The van der Waals surface area contributed by atoms with Gasteiger partial charge in [-0.3, -0.25) is 4.79 Å². The highest BCUT2D eigenvalue weighted by Gasteiger charge is 2.49. The summed E-state index contributed by atoms with van der Waals surface area (Å²) in [6.45, 7) is -0.145. The van der Waals surface area contributed by atoms with Crippen LogP contribution < -0.4 is 5.32 Å². The summed E-state index contributed by atoms with van der Waals surface area (Å²) in [6.07, 6.45) is 1.40. The highest BCUT2D eigenvalue weighted by molar-refractivity contribution is 5.97. The predicted molar refractivity (Wildman–Crippen MR) is 53.8 cm³/mol. The number of hydrogen-bond donors (Lipinski definition) is 2. The van der Waals surface area contributed by atoms with Crippen LogP contribution in [-0.4, -0.2) is 17.6 Å². The van der Waals surface area contributed by atoms with Crippen LogP contribution in [-0.2, 0) is 4.79 Å². The minimum absolute atomic E-state index is 0.145. The minimum atomic E-state index is -0.619. The zero-order valence-corrected chi connectivity index (χ0v) is 8.16. The molecule has 80 valence electrons. The second-order valence-electron chi connectivity index (χ2n) is 3.90. The van der Waals surface area contributed by atoms with E-state index in [1.54, 1.807) is 6.07 Å². The van der Waals surface area contributed by atoms with Crippen molar-refractivity contribution in [1.29, 1.82) is 0 Å². The number of aliphatic hydroxyl groups is 1. The molecule has 1 fully saturated rings. The number of nitrogens with one attached hydrogen (secondary N) is 1. The van der Waals surface area contributed by atoms with Gasteiger partial charge in [0, 0.05) is 5.69 Å². The zero-order valence-electron chi connectivity index (χ0n) is 8.16. The maximum absolute atomic E-state index is 12.8. The Labute approximate surface area is 86.9 Å². The minimum Gasteiger partial charge on any atom is -0.395 e. The molecule has 0 aliphatic heterocycles. The summed E-state index contributed by atoms with van der Waals surface area (Å²) < 4.78 is 12.8. The average Bonchev–Trinajstić information content (AvgIpc) is 2.98. The number of hydrogen-bond acceptors (Lipinski definition) is 2. The molecule has 2 N–H and O–H groups in total. The topological polar surface area (TPSA) is 49.3 Å². The Hall–Kier alpha value is -1.42. The molecule has 0 unspecified atom stereocenters. The van der Waals surface area contributed by atoms with Gasteiger partial charge < -0.3 is 10.4 Å². The van der Waals surface area contributed by atoms with E-state index in [-0.39, 0.29) is 18.3 Å². The van der Waals surface area contributed by atoms with Crippen LogP contribution in [0.5, 0.6) is 0 Å². The van der Waals surface area contributed by atoms with Crippen molar-refractivity contribution in [3.05, 3.63) is 30.1 Å². The van der Waals surface area contributed by atoms with E-state index in [9.17, 15) is 9.18 Å². The molecule has 1 aliphatic rings. The Bertz CT molecular complexity index is 388. The predicted octanol–water partition coefficient (Wildman–Crippen LogP) is 1.54. The summed E-state index contributed by atoms with van der Waals surface area (Å²) in [7, 11) is 0. The van der Waals surface area contributed by atoms with Crippen molar-refractivity contribution < 1.29 is 14.3 Å². The standard InChI is InChI=1S/C11H12FNO2/c12-8-2-1-3-9(6-8)13-10(15)11(7-14)4-5-11/h1-3,6,14H,4-5,7H2,(H,13,15). The monoisotopic (exact) mass is 209 g/mol. The third kappa shape index (κ3) is 1.99. The van der Waals surface area contributed by atoms with Crippen LogP contribution in [0.15, 0.2) is 24.3 Å². The molecule has 1 amide bonds. The normalized spacial score (nSPS) is 17.2. The fraction of sp³-hybridized carbons (Fsp3) is 0.364. The average molecular weight is 209 g/mol. The lowest BCUT2D eigenvalue weighted by molar-refractivity contribution is -0.122. The number of amides is 1. The Kier molecular flexibility index (Phi) is 2.44. The van der Waals surface area contributed by atoms with Crippen molar-refractivity contribution in [3.63, 3.8) is 0 Å². The lowest BCUT2D eigenvalue weighted by Crippen LogP contribution is -2.27. The molecule has 0 spiro atoms. The third-order valence-electron chi connectivity index (χ3n) is 2.72. The van der Waals surface area contributed by atoms with E-state index in [1.165, 1.54) is 18.2 Å². The van der Waals surface area contributed by atoms with Gasteiger partial charge in [0.25, 0.3) is 0 Å². The molecular weight excluding hydrogens is 197 g/mol. The van der Waals surface area contributed by atoms with Crippen LogP contribution in [0.2, 0.25) is 0 Å². The second kappa shape index (κ2) is 3.62. The first-order chi connectivity index (χ1) is 7.16. The smallest absolute Gasteiger partial charge is 0.232 e. The van der Waals surface area contributed by atoms with E-state index in [0.717, 1.165) is 0 Å². The molecular formula is C11H12FNO2. The number of carbonyl (C=O) groups is 1. The van der Waals surface area contributed by atoms with E-state index < -0.39 is 5.41 Å². The Morgan fingerprint density at radius 2 is 2.27 bits per heavy atom. The van der Waals surface area contributed by atoms with Gasteiger partial charge in [-0.05, 0) is 31.0 Å². The molecule has 1 aromatic carbocycles. The van der Waals surface area contributed by atoms with Crippen LogP contribution in [0.25, 0.3) is 0 Å². The molecule has 1 saturated carbocycles. The van der Waals surface area contributed by atoms with Crippen LogP contribution >= 0.6 is 0 Å². The highest BCUT2D eigenvalue weighted by atomic mass is 19.1. The van der Waals surface area contributed by atoms with E-state index in [2.05, 4.69) is 5.32 Å². The largest absolute Gasteiger partial charge is 0.395 e. The molecule has 0 aromatic heterocycles. The SMILES string of the molecule is O=C(Nc1cccc(F)c1)C1(CO)CC1. The Morgan fingerprint density at radius 3 is 2.80 bits per heavy atom. The summed E-state index contributed by atoms with van der Waals surface area (Å²) >= 11 is 0. The quantitative estimate of drug-likeness (QED) is 0.793. The zero-order chi connectivity index (χ0) is 10.9. The molecule has 0 bridgehead atoms. The van der Waals surface area contributed by atoms with Crippen molar-refractivity contribution in [2.75, 3.05) is 11.9 Å². The van der Waals surface area contributed by atoms with Gasteiger partial charge in [0.2, 0.25) is 5.91 Å². The maximum atomic E-state index is 12.8. The van der Waals surface area contributed by atoms with E-state index in [4.69, 9.17) is 5.11 Å². The molecule has 0 atom stereocenters. The second-order valence-corrected chi connectivity index (χ2v) is 3.90. The number of aliphatic hydroxyl groups excluding tert-OH is 1. The van der Waals surface area contributed by atoms with Gasteiger partial charge in [-0.2, -0.15) is 0 Å². The Morgan fingerprint density at radius 1 is 1.53 bits per heavy atom. The van der Waals surface area contributed by atoms with Gasteiger partial charge in [-0.15, -0.1) is 0 Å². The van der Waals surface area contributed by atoms with Gasteiger partial charge >= 0.3 is 0 Å². The molecule has 2 rings (SSSR count). The maximum Gasteiger partial charge on any atom is 0.232 e. The van der Waals surface area contributed by atoms with Gasteiger partial charge in [-0.25, -0.2) is 4.39 Å². The molecule has 3 nitrogen and oxygen atoms in total. The Balaban J connectivity index is 2.06. The summed E-state index contributed by atoms with van der Waals surface area (Å²) in [6, 6.07) is 5.72. The molecule has 4 heteroatoms. The molecule has 0 radical (unpaired) electrons. The number of carbonyl (C=O) groups excluding carboxylic acids is 1. The van der Waals surface area contributed by atoms with E-state index in [1.807, 2.05) is 0 Å². The van der Waals surface area contributed by atoms with E-state index >= 15 is 0 Å².